The quantitative estimate of drug-likeness (QED) is 0.559. The van der Waals surface area contributed by atoms with Gasteiger partial charge in [0.15, 0.2) is 9.84 Å². The third kappa shape index (κ3) is 4.27. The van der Waals surface area contributed by atoms with E-state index in [1.165, 1.54) is 5.69 Å². The lowest BCUT2D eigenvalue weighted by atomic mass is 9.71. The summed E-state index contributed by atoms with van der Waals surface area (Å²) in [4.78, 5) is 21.6. The Morgan fingerprint density at radius 3 is 1.71 bits per heavy atom. The molecule has 5 rings (SSSR count). The minimum absolute atomic E-state index is 0.00178. The summed E-state index contributed by atoms with van der Waals surface area (Å²) < 4.78 is 35.6. The van der Waals surface area contributed by atoms with Gasteiger partial charge in [0.1, 0.15) is 0 Å². The first-order valence-corrected chi connectivity index (χ1v) is 15.9. The van der Waals surface area contributed by atoms with E-state index in [1.807, 2.05) is 9.80 Å². The highest BCUT2D eigenvalue weighted by Crippen LogP contribution is 2.52. The van der Waals surface area contributed by atoms with Crippen molar-refractivity contribution in [3.8, 4) is 0 Å². The summed E-state index contributed by atoms with van der Waals surface area (Å²) >= 11 is 0. The molecular formula is C24H36N4O4S2. The maximum atomic E-state index is 13.2. The Labute approximate surface area is 203 Å². The third-order valence-electron chi connectivity index (χ3n) is 8.55. The summed E-state index contributed by atoms with van der Waals surface area (Å²) in [5.74, 6) is 5.25. The molecule has 0 bridgehead atoms. The van der Waals surface area contributed by atoms with Gasteiger partial charge < -0.3 is 19.6 Å². The molecule has 34 heavy (non-hydrogen) atoms. The Balaban J connectivity index is 1.23. The molecule has 0 radical (unpaired) electrons. The summed E-state index contributed by atoms with van der Waals surface area (Å²) in [5.41, 5.74) is 2.24. The van der Waals surface area contributed by atoms with Crippen LogP contribution in [0.15, 0.2) is 24.3 Å². The van der Waals surface area contributed by atoms with Crippen molar-refractivity contribution in [3.63, 3.8) is 0 Å². The monoisotopic (exact) mass is 508 g/mol. The number of carbonyl (C=O) groups excluding carboxylic acids is 1. The van der Waals surface area contributed by atoms with Crippen LogP contribution in [0.2, 0.25) is 0 Å². The Hall–Kier alpha value is -1.94. The van der Waals surface area contributed by atoms with Crippen molar-refractivity contribution in [1.29, 1.82) is 0 Å². The van der Waals surface area contributed by atoms with E-state index in [0.717, 1.165) is 31.9 Å². The van der Waals surface area contributed by atoms with Gasteiger partial charge in [0.25, 0.3) is 0 Å². The number of likely N-dealkylation sites (tertiary alicyclic amines) is 1. The summed E-state index contributed by atoms with van der Waals surface area (Å²) in [6, 6.07) is 8.54. The summed E-state index contributed by atoms with van der Waals surface area (Å²) in [6.07, 6.45) is 0. The molecule has 0 unspecified atom stereocenters. The summed E-state index contributed by atoms with van der Waals surface area (Å²) in [6.45, 7) is 10.00. The standard InChI is InChI=1S/C24H36N4O4S2/c1-23-16-27(21-6-4-20(5-7-21)25-10-14-34(31,32)15-11-25)17-24(23,2)19-28(18-23)22(29)26-8-12-33(3,30)13-9-26/h4-7H,3,8-19H2,1-2H3/t23-,24+. The molecule has 4 saturated heterocycles. The molecule has 4 aliphatic heterocycles. The predicted molar refractivity (Wildman–Crippen MR) is 139 cm³/mol. The zero-order valence-electron chi connectivity index (χ0n) is 20.2. The predicted octanol–water partition coefficient (Wildman–Crippen LogP) is 1.22. The number of anilines is 2. The molecule has 4 heterocycles. The molecule has 2 atom stereocenters. The van der Waals surface area contributed by atoms with Gasteiger partial charge in [-0.3, -0.25) is 4.21 Å². The molecule has 1 aromatic carbocycles. The van der Waals surface area contributed by atoms with Gasteiger partial charge in [0.05, 0.1) is 11.5 Å². The molecule has 0 N–H and O–H groups in total. The van der Waals surface area contributed by atoms with Gasteiger partial charge in [-0.15, -0.1) is 0 Å². The summed E-state index contributed by atoms with van der Waals surface area (Å²) in [5, 5.41) is 0. The maximum Gasteiger partial charge on any atom is 0.320 e. The highest BCUT2D eigenvalue weighted by atomic mass is 32.2. The van der Waals surface area contributed by atoms with Crippen molar-refractivity contribution in [3.05, 3.63) is 24.3 Å². The zero-order chi connectivity index (χ0) is 24.4. The van der Waals surface area contributed by atoms with Crippen molar-refractivity contribution in [2.75, 3.05) is 85.2 Å². The van der Waals surface area contributed by atoms with E-state index in [4.69, 9.17) is 0 Å². The number of rotatable bonds is 2. The van der Waals surface area contributed by atoms with Crippen LogP contribution in [-0.4, -0.2) is 110 Å². The van der Waals surface area contributed by atoms with E-state index < -0.39 is 19.4 Å². The fourth-order valence-electron chi connectivity index (χ4n) is 5.98. The molecule has 2 amide bonds. The summed E-state index contributed by atoms with van der Waals surface area (Å²) in [7, 11) is -4.90. The number of nitrogens with zero attached hydrogens (tertiary/aromatic N) is 4. The van der Waals surface area contributed by atoms with Gasteiger partial charge in [-0.2, -0.15) is 0 Å². The Kier molecular flexibility index (Phi) is 5.63. The van der Waals surface area contributed by atoms with Crippen LogP contribution in [0.25, 0.3) is 0 Å². The van der Waals surface area contributed by atoms with Gasteiger partial charge in [0.2, 0.25) is 0 Å². The van der Waals surface area contributed by atoms with Crippen LogP contribution in [0.3, 0.4) is 0 Å². The topological polar surface area (TPSA) is 81.2 Å². The first-order chi connectivity index (χ1) is 15.9. The third-order valence-corrected chi connectivity index (χ3v) is 12.0. The van der Waals surface area contributed by atoms with E-state index in [2.05, 4.69) is 53.8 Å². The van der Waals surface area contributed by atoms with Crippen LogP contribution in [0.1, 0.15) is 13.8 Å². The van der Waals surface area contributed by atoms with Crippen molar-refractivity contribution in [1.82, 2.24) is 9.80 Å². The van der Waals surface area contributed by atoms with E-state index in [9.17, 15) is 17.4 Å². The lowest BCUT2D eigenvalue weighted by Gasteiger charge is -2.34. The van der Waals surface area contributed by atoms with Crippen molar-refractivity contribution in [2.45, 2.75) is 13.8 Å². The highest BCUT2D eigenvalue weighted by molar-refractivity contribution is 8.00. The SMILES string of the molecule is C=S1(=O)CCN(C(=O)N2C[C@@]3(C)CN(c4ccc(N5CCS(=O)(=O)CC5)cc4)C[C@@]3(C)C2)CC1. The number of hydrogen-bond donors (Lipinski definition) is 0. The fraction of sp³-hybridized carbons (Fsp3) is 0.667. The van der Waals surface area contributed by atoms with Crippen molar-refractivity contribution < 1.29 is 17.4 Å². The van der Waals surface area contributed by atoms with Crippen LogP contribution in [0.4, 0.5) is 16.2 Å². The molecule has 4 fully saturated rings. The highest BCUT2D eigenvalue weighted by Gasteiger charge is 2.59. The minimum atomic E-state index is -2.89. The molecule has 0 aliphatic carbocycles. The Morgan fingerprint density at radius 1 is 0.735 bits per heavy atom. The molecule has 0 saturated carbocycles. The van der Waals surface area contributed by atoms with Crippen LogP contribution in [0.5, 0.6) is 0 Å². The molecule has 188 valence electrons. The molecule has 0 spiro atoms. The van der Waals surface area contributed by atoms with E-state index >= 15 is 0 Å². The lowest BCUT2D eigenvalue weighted by molar-refractivity contribution is 0.161. The first kappa shape index (κ1) is 23.8. The number of fused-ring (bicyclic) bond motifs is 1. The normalized spacial score (nSPS) is 32.6. The largest absolute Gasteiger partial charge is 0.370 e. The van der Waals surface area contributed by atoms with Crippen molar-refractivity contribution in [2.24, 2.45) is 10.8 Å². The van der Waals surface area contributed by atoms with E-state index in [1.54, 1.807) is 0 Å². The van der Waals surface area contributed by atoms with Gasteiger partial charge in [-0.05, 0) is 39.7 Å². The second kappa shape index (κ2) is 8.05. The second-order valence-corrected chi connectivity index (χ2v) is 16.2. The van der Waals surface area contributed by atoms with Crippen LogP contribution in [-0.2, 0) is 19.4 Å². The second-order valence-electron chi connectivity index (χ2n) is 11.1. The lowest BCUT2D eigenvalue weighted by Crippen LogP contribution is -2.50. The van der Waals surface area contributed by atoms with Crippen LogP contribution >= 0.6 is 0 Å². The first-order valence-electron chi connectivity index (χ1n) is 12.1. The minimum Gasteiger partial charge on any atom is -0.370 e. The van der Waals surface area contributed by atoms with Gasteiger partial charge >= 0.3 is 6.03 Å². The van der Waals surface area contributed by atoms with E-state index in [0.29, 0.717) is 37.7 Å². The van der Waals surface area contributed by atoms with Gasteiger partial charge in [-0.25, -0.2) is 13.2 Å². The fourth-order valence-corrected chi connectivity index (χ4v) is 8.49. The molecule has 1 aromatic rings. The molecule has 10 heteroatoms. The molecular weight excluding hydrogens is 472 g/mol. The number of hydrogen-bond acceptors (Lipinski definition) is 6. The van der Waals surface area contributed by atoms with E-state index in [-0.39, 0.29) is 28.4 Å². The molecule has 8 nitrogen and oxygen atoms in total. The number of benzene rings is 1. The smallest absolute Gasteiger partial charge is 0.320 e. The number of amides is 2. The molecule has 4 aliphatic rings. The van der Waals surface area contributed by atoms with Gasteiger partial charge in [0, 0.05) is 86.1 Å². The number of carbonyl (C=O) groups is 1. The van der Waals surface area contributed by atoms with Crippen LogP contribution in [0, 0.1) is 10.8 Å². The Bertz CT molecular complexity index is 1140. The molecule has 0 aromatic heterocycles. The number of urea groups is 1. The maximum absolute atomic E-state index is 13.2. The Morgan fingerprint density at radius 2 is 1.21 bits per heavy atom. The zero-order valence-corrected chi connectivity index (χ0v) is 21.9. The number of sulfone groups is 1. The van der Waals surface area contributed by atoms with Crippen molar-refractivity contribution >= 4 is 42.6 Å². The average Bonchev–Trinajstić information content (AvgIpc) is 3.18. The van der Waals surface area contributed by atoms with Crippen LogP contribution < -0.4 is 9.80 Å². The van der Waals surface area contributed by atoms with Gasteiger partial charge in [-0.1, -0.05) is 13.8 Å². The average molecular weight is 509 g/mol.